The van der Waals surface area contributed by atoms with Gasteiger partial charge in [0.25, 0.3) is 5.69 Å². The predicted molar refractivity (Wildman–Crippen MR) is 116 cm³/mol. The number of nitrogens with zero attached hydrogens (tertiary/aromatic N) is 6. The van der Waals surface area contributed by atoms with E-state index in [-0.39, 0.29) is 5.69 Å². The van der Waals surface area contributed by atoms with E-state index in [0.717, 1.165) is 49.4 Å². The van der Waals surface area contributed by atoms with E-state index >= 15 is 0 Å². The lowest BCUT2D eigenvalue weighted by atomic mass is 10.2. The standard InChI is InChI=1S/C21H23N7O3/c29-28(30)18-6-4-17(5-7-18)15-24-21(25-16-19-3-1-14-31-19)27-12-10-26(11-13-27)20-22-8-2-9-23-20/h1-9,14H,10-13,15-16H2,(H,24,25). The van der Waals surface area contributed by atoms with Crippen LogP contribution in [-0.4, -0.2) is 51.9 Å². The van der Waals surface area contributed by atoms with Gasteiger partial charge in [-0.3, -0.25) is 10.1 Å². The molecule has 1 saturated heterocycles. The van der Waals surface area contributed by atoms with Gasteiger partial charge in [-0.25, -0.2) is 15.0 Å². The Bertz CT molecular complexity index is 999. The molecule has 1 aliphatic heterocycles. The van der Waals surface area contributed by atoms with Gasteiger partial charge in [0.05, 0.1) is 24.3 Å². The van der Waals surface area contributed by atoms with Gasteiger partial charge in [0, 0.05) is 50.7 Å². The lowest BCUT2D eigenvalue weighted by Crippen LogP contribution is -2.52. The first kappa shape index (κ1) is 20.3. The van der Waals surface area contributed by atoms with E-state index in [1.54, 1.807) is 36.9 Å². The number of hydrogen-bond acceptors (Lipinski definition) is 7. The SMILES string of the molecule is O=[N+]([O-])c1ccc(CN=C(NCc2ccco2)N2CCN(c3ncccn3)CC2)cc1. The molecule has 3 aromatic rings. The van der Waals surface area contributed by atoms with E-state index in [1.807, 2.05) is 12.1 Å². The molecule has 1 N–H and O–H groups in total. The summed E-state index contributed by atoms with van der Waals surface area (Å²) >= 11 is 0. The molecule has 0 saturated carbocycles. The maximum Gasteiger partial charge on any atom is 0.269 e. The minimum absolute atomic E-state index is 0.0724. The van der Waals surface area contributed by atoms with Crippen LogP contribution in [0.3, 0.4) is 0 Å². The van der Waals surface area contributed by atoms with Gasteiger partial charge >= 0.3 is 0 Å². The number of guanidine groups is 1. The van der Waals surface area contributed by atoms with Gasteiger partial charge in [0.1, 0.15) is 5.76 Å². The second-order valence-electron chi connectivity index (χ2n) is 7.02. The predicted octanol–water partition coefficient (Wildman–Crippen LogP) is 2.45. The molecule has 0 aliphatic carbocycles. The highest BCUT2D eigenvalue weighted by Crippen LogP contribution is 2.14. The normalized spacial score (nSPS) is 14.5. The fraction of sp³-hybridized carbons (Fsp3) is 0.286. The van der Waals surface area contributed by atoms with Crippen molar-refractivity contribution in [2.45, 2.75) is 13.1 Å². The van der Waals surface area contributed by atoms with Gasteiger partial charge in [0.2, 0.25) is 5.95 Å². The summed E-state index contributed by atoms with van der Waals surface area (Å²) in [5.74, 6) is 2.32. The third-order valence-corrected chi connectivity index (χ3v) is 4.97. The number of anilines is 1. The second-order valence-corrected chi connectivity index (χ2v) is 7.02. The average molecular weight is 421 g/mol. The summed E-state index contributed by atoms with van der Waals surface area (Å²) in [4.78, 5) is 28.2. The molecule has 1 aromatic carbocycles. The first-order chi connectivity index (χ1) is 15.2. The number of benzene rings is 1. The molecule has 0 amide bonds. The molecule has 0 unspecified atom stereocenters. The molecule has 0 radical (unpaired) electrons. The van der Waals surface area contributed by atoms with E-state index < -0.39 is 4.92 Å². The first-order valence-electron chi connectivity index (χ1n) is 10.00. The van der Waals surface area contributed by atoms with Crippen LogP contribution in [0.2, 0.25) is 0 Å². The molecule has 10 heteroatoms. The van der Waals surface area contributed by atoms with Crippen LogP contribution in [0.15, 0.2) is 70.5 Å². The van der Waals surface area contributed by atoms with Crippen LogP contribution in [-0.2, 0) is 13.1 Å². The van der Waals surface area contributed by atoms with Crippen molar-refractivity contribution < 1.29 is 9.34 Å². The summed E-state index contributed by atoms with van der Waals surface area (Å²) in [5, 5.41) is 14.2. The lowest BCUT2D eigenvalue weighted by molar-refractivity contribution is -0.384. The van der Waals surface area contributed by atoms with Crippen LogP contribution in [0.1, 0.15) is 11.3 Å². The van der Waals surface area contributed by atoms with Gasteiger partial charge in [-0.1, -0.05) is 12.1 Å². The molecule has 0 spiro atoms. The van der Waals surface area contributed by atoms with Gasteiger partial charge in [0.15, 0.2) is 5.96 Å². The molecular formula is C21H23N7O3. The van der Waals surface area contributed by atoms with Gasteiger partial charge in [-0.2, -0.15) is 0 Å². The lowest BCUT2D eigenvalue weighted by Gasteiger charge is -2.36. The zero-order chi connectivity index (χ0) is 21.5. The van der Waals surface area contributed by atoms with E-state index in [1.165, 1.54) is 12.1 Å². The summed E-state index contributed by atoms with van der Waals surface area (Å²) in [7, 11) is 0. The van der Waals surface area contributed by atoms with Crippen molar-refractivity contribution in [3.63, 3.8) is 0 Å². The fourth-order valence-electron chi connectivity index (χ4n) is 3.31. The molecule has 160 valence electrons. The number of hydrogen-bond donors (Lipinski definition) is 1. The molecular weight excluding hydrogens is 398 g/mol. The Morgan fingerprint density at radius 3 is 2.48 bits per heavy atom. The zero-order valence-electron chi connectivity index (χ0n) is 16.9. The maximum absolute atomic E-state index is 10.9. The number of piperazine rings is 1. The molecule has 31 heavy (non-hydrogen) atoms. The number of aliphatic imine (C=N–C) groups is 1. The van der Waals surface area contributed by atoms with E-state index in [4.69, 9.17) is 9.41 Å². The fourth-order valence-corrected chi connectivity index (χ4v) is 3.31. The number of nitro benzene ring substituents is 1. The van der Waals surface area contributed by atoms with Crippen molar-refractivity contribution >= 4 is 17.6 Å². The van der Waals surface area contributed by atoms with Crippen LogP contribution in [0.5, 0.6) is 0 Å². The highest BCUT2D eigenvalue weighted by molar-refractivity contribution is 5.80. The monoisotopic (exact) mass is 421 g/mol. The van der Waals surface area contributed by atoms with Crippen molar-refractivity contribution in [2.75, 3.05) is 31.1 Å². The minimum atomic E-state index is -0.403. The van der Waals surface area contributed by atoms with Crippen LogP contribution in [0, 0.1) is 10.1 Å². The van der Waals surface area contributed by atoms with Crippen molar-refractivity contribution in [1.82, 2.24) is 20.2 Å². The van der Waals surface area contributed by atoms with Gasteiger partial charge < -0.3 is 19.5 Å². The highest BCUT2D eigenvalue weighted by Gasteiger charge is 2.21. The topological polar surface area (TPSA) is 113 Å². The van der Waals surface area contributed by atoms with Gasteiger partial charge in [-0.15, -0.1) is 0 Å². The van der Waals surface area contributed by atoms with Crippen molar-refractivity contribution in [2.24, 2.45) is 4.99 Å². The molecule has 0 bridgehead atoms. The Balaban J connectivity index is 1.43. The minimum Gasteiger partial charge on any atom is -0.467 e. The molecule has 4 rings (SSSR count). The third-order valence-electron chi connectivity index (χ3n) is 4.97. The summed E-state index contributed by atoms with van der Waals surface area (Å²) in [6.45, 7) is 4.03. The number of non-ortho nitro benzene ring substituents is 1. The Morgan fingerprint density at radius 2 is 1.84 bits per heavy atom. The molecule has 2 aromatic heterocycles. The van der Waals surface area contributed by atoms with Crippen LogP contribution >= 0.6 is 0 Å². The molecule has 3 heterocycles. The van der Waals surface area contributed by atoms with E-state index in [9.17, 15) is 10.1 Å². The largest absolute Gasteiger partial charge is 0.467 e. The maximum atomic E-state index is 10.9. The van der Waals surface area contributed by atoms with E-state index in [0.29, 0.717) is 13.1 Å². The summed E-state index contributed by atoms with van der Waals surface area (Å²) in [5.41, 5.74) is 0.974. The average Bonchev–Trinajstić information content (AvgIpc) is 3.34. The Morgan fingerprint density at radius 1 is 1.10 bits per heavy atom. The zero-order valence-corrected chi connectivity index (χ0v) is 16.9. The van der Waals surface area contributed by atoms with E-state index in [2.05, 4.69) is 25.1 Å². The van der Waals surface area contributed by atoms with Gasteiger partial charge in [-0.05, 0) is 23.8 Å². The molecule has 10 nitrogen and oxygen atoms in total. The molecule has 1 fully saturated rings. The van der Waals surface area contributed by atoms with Crippen molar-refractivity contribution in [3.05, 3.63) is 82.6 Å². The molecule has 1 aliphatic rings. The summed E-state index contributed by atoms with van der Waals surface area (Å²) in [6.07, 6.45) is 5.14. The summed E-state index contributed by atoms with van der Waals surface area (Å²) < 4.78 is 5.42. The number of rotatable bonds is 6. The third kappa shape index (κ3) is 5.35. The quantitative estimate of drug-likeness (QED) is 0.279. The number of furan rings is 1. The Labute approximate surface area is 179 Å². The van der Waals surface area contributed by atoms with Crippen LogP contribution in [0.25, 0.3) is 0 Å². The van der Waals surface area contributed by atoms with Crippen LogP contribution < -0.4 is 10.2 Å². The highest BCUT2D eigenvalue weighted by atomic mass is 16.6. The summed E-state index contributed by atoms with van der Waals surface area (Å²) in [6, 6.07) is 12.0. The van der Waals surface area contributed by atoms with Crippen molar-refractivity contribution in [3.8, 4) is 0 Å². The second kappa shape index (κ2) is 9.70. The Hall–Kier alpha value is -3.95. The number of aromatic nitrogens is 2. The molecule has 0 atom stereocenters. The first-order valence-corrected chi connectivity index (χ1v) is 10.00. The van der Waals surface area contributed by atoms with Crippen molar-refractivity contribution in [1.29, 1.82) is 0 Å². The Kier molecular flexibility index (Phi) is 6.36. The smallest absolute Gasteiger partial charge is 0.269 e. The number of nitro groups is 1. The van der Waals surface area contributed by atoms with Crippen LogP contribution in [0.4, 0.5) is 11.6 Å². The number of nitrogens with one attached hydrogen (secondary N) is 1.